The first-order valence-corrected chi connectivity index (χ1v) is 7.42. The molecule has 2 amide bonds. The van der Waals surface area contributed by atoms with E-state index in [0.29, 0.717) is 21.5 Å². The molecule has 0 aromatic heterocycles. The normalized spacial score (nSPS) is 10.2. The molecule has 0 aliphatic heterocycles. The van der Waals surface area contributed by atoms with Crippen molar-refractivity contribution in [3.05, 3.63) is 57.6 Å². The van der Waals surface area contributed by atoms with Crippen LogP contribution in [0, 0.1) is 13.8 Å². The van der Waals surface area contributed by atoms with Crippen molar-refractivity contribution in [1.29, 1.82) is 0 Å². The van der Waals surface area contributed by atoms with Crippen molar-refractivity contribution in [2.75, 3.05) is 12.0 Å². The first-order chi connectivity index (χ1) is 10.5. The van der Waals surface area contributed by atoms with Gasteiger partial charge >= 0.3 is 6.03 Å². The van der Waals surface area contributed by atoms with Gasteiger partial charge in [0.2, 0.25) is 0 Å². The molecule has 0 unspecified atom stereocenters. The third-order valence-electron chi connectivity index (χ3n) is 3.15. The van der Waals surface area contributed by atoms with Crippen LogP contribution in [0.5, 0.6) is 5.75 Å². The number of benzene rings is 2. The molecule has 2 N–H and O–H groups in total. The number of hydrogen-bond acceptors (Lipinski definition) is 2. The van der Waals surface area contributed by atoms with E-state index in [1.807, 2.05) is 32.0 Å². The predicted molar refractivity (Wildman–Crippen MR) is 90.0 cm³/mol. The standard InChI is InChI=1S/C16H16Cl2N2O2/c1-10-6-7-12(8-11(10)2)22-9-19-16(21)20-14-5-3-4-13(17)15(14)18/h3-8H,9H2,1-2H3,(H2,19,20,21). The lowest BCUT2D eigenvalue weighted by Gasteiger charge is -2.11. The van der Waals surface area contributed by atoms with Crippen LogP contribution >= 0.6 is 23.2 Å². The Balaban J connectivity index is 1.85. The van der Waals surface area contributed by atoms with Crippen LogP contribution in [0.1, 0.15) is 11.1 Å². The Bertz CT molecular complexity index is 690. The van der Waals surface area contributed by atoms with E-state index >= 15 is 0 Å². The largest absolute Gasteiger partial charge is 0.473 e. The van der Waals surface area contributed by atoms with E-state index in [4.69, 9.17) is 27.9 Å². The lowest BCUT2D eigenvalue weighted by atomic mass is 10.1. The molecule has 116 valence electrons. The van der Waals surface area contributed by atoms with E-state index in [9.17, 15) is 4.79 Å². The number of urea groups is 1. The van der Waals surface area contributed by atoms with Crippen molar-refractivity contribution < 1.29 is 9.53 Å². The Kier molecular flexibility index (Phi) is 5.52. The van der Waals surface area contributed by atoms with Gasteiger partial charge < -0.3 is 15.4 Å². The van der Waals surface area contributed by atoms with Gasteiger partial charge in [-0.1, -0.05) is 35.3 Å². The van der Waals surface area contributed by atoms with Crippen LogP contribution in [0.2, 0.25) is 10.0 Å². The van der Waals surface area contributed by atoms with Gasteiger partial charge in [-0.2, -0.15) is 0 Å². The average molecular weight is 339 g/mol. The SMILES string of the molecule is Cc1ccc(OCNC(=O)Nc2cccc(Cl)c2Cl)cc1C. The maximum Gasteiger partial charge on any atom is 0.321 e. The van der Waals surface area contributed by atoms with Crippen LogP contribution in [-0.4, -0.2) is 12.8 Å². The van der Waals surface area contributed by atoms with E-state index in [-0.39, 0.29) is 6.73 Å². The van der Waals surface area contributed by atoms with Crippen molar-refractivity contribution >= 4 is 34.9 Å². The predicted octanol–water partition coefficient (Wildman–Crippen LogP) is 4.77. The minimum Gasteiger partial charge on any atom is -0.473 e. The van der Waals surface area contributed by atoms with Gasteiger partial charge in [0.05, 0.1) is 15.7 Å². The zero-order valence-corrected chi connectivity index (χ0v) is 13.8. The minimum atomic E-state index is -0.423. The number of aryl methyl sites for hydroxylation is 2. The quantitative estimate of drug-likeness (QED) is 0.789. The number of ether oxygens (including phenoxy) is 1. The number of rotatable bonds is 4. The molecule has 0 saturated heterocycles. The van der Waals surface area contributed by atoms with Gasteiger partial charge in [-0.25, -0.2) is 4.79 Å². The average Bonchev–Trinajstić information content (AvgIpc) is 2.48. The molecule has 2 aromatic carbocycles. The van der Waals surface area contributed by atoms with Crippen LogP contribution < -0.4 is 15.4 Å². The first-order valence-electron chi connectivity index (χ1n) is 6.66. The Morgan fingerprint density at radius 2 is 1.91 bits per heavy atom. The Hall–Kier alpha value is -1.91. The van der Waals surface area contributed by atoms with Crippen LogP contribution in [0.15, 0.2) is 36.4 Å². The number of anilines is 1. The van der Waals surface area contributed by atoms with Crippen molar-refractivity contribution in [2.24, 2.45) is 0 Å². The first kappa shape index (κ1) is 16.5. The highest BCUT2D eigenvalue weighted by atomic mass is 35.5. The van der Waals surface area contributed by atoms with Gasteiger partial charge in [0, 0.05) is 0 Å². The molecular weight excluding hydrogens is 323 g/mol. The fraction of sp³-hybridized carbons (Fsp3) is 0.188. The van der Waals surface area contributed by atoms with Crippen LogP contribution in [0.25, 0.3) is 0 Å². The summed E-state index contributed by atoms with van der Waals surface area (Å²) in [5.41, 5.74) is 2.76. The summed E-state index contributed by atoms with van der Waals surface area (Å²) in [7, 11) is 0. The number of nitrogens with one attached hydrogen (secondary N) is 2. The maximum absolute atomic E-state index is 11.8. The summed E-state index contributed by atoms with van der Waals surface area (Å²) in [6.07, 6.45) is 0. The van der Waals surface area contributed by atoms with E-state index in [1.54, 1.807) is 18.2 Å². The van der Waals surface area contributed by atoms with E-state index in [1.165, 1.54) is 5.56 Å². The molecular formula is C16H16Cl2N2O2. The summed E-state index contributed by atoms with van der Waals surface area (Å²) in [5, 5.41) is 5.88. The fourth-order valence-corrected chi connectivity index (χ4v) is 2.10. The summed E-state index contributed by atoms with van der Waals surface area (Å²) < 4.78 is 5.47. The molecule has 0 atom stereocenters. The van der Waals surface area contributed by atoms with Crippen molar-refractivity contribution in [2.45, 2.75) is 13.8 Å². The van der Waals surface area contributed by atoms with Gasteiger partial charge in [0.25, 0.3) is 0 Å². The third kappa shape index (κ3) is 4.29. The third-order valence-corrected chi connectivity index (χ3v) is 3.97. The Morgan fingerprint density at radius 3 is 2.64 bits per heavy atom. The van der Waals surface area contributed by atoms with Gasteiger partial charge in [-0.3, -0.25) is 0 Å². The molecule has 0 spiro atoms. The lowest BCUT2D eigenvalue weighted by molar-refractivity contribution is 0.234. The molecule has 0 fully saturated rings. The zero-order valence-electron chi connectivity index (χ0n) is 12.2. The molecule has 0 aliphatic rings. The van der Waals surface area contributed by atoms with Gasteiger partial charge in [-0.05, 0) is 49.2 Å². The highest BCUT2D eigenvalue weighted by molar-refractivity contribution is 6.43. The number of carbonyl (C=O) groups is 1. The topological polar surface area (TPSA) is 50.4 Å². The molecule has 0 heterocycles. The summed E-state index contributed by atoms with van der Waals surface area (Å²) in [4.78, 5) is 11.8. The number of amides is 2. The second kappa shape index (κ2) is 7.38. The van der Waals surface area contributed by atoms with Crippen molar-refractivity contribution in [1.82, 2.24) is 5.32 Å². The Morgan fingerprint density at radius 1 is 1.14 bits per heavy atom. The van der Waals surface area contributed by atoms with Crippen LogP contribution in [0.4, 0.5) is 10.5 Å². The summed E-state index contributed by atoms with van der Waals surface area (Å²) >= 11 is 11.9. The lowest BCUT2D eigenvalue weighted by Crippen LogP contribution is -2.32. The number of carbonyl (C=O) groups excluding carboxylic acids is 1. The highest BCUT2D eigenvalue weighted by Gasteiger charge is 2.07. The van der Waals surface area contributed by atoms with Gasteiger partial charge in [-0.15, -0.1) is 0 Å². The monoisotopic (exact) mass is 338 g/mol. The molecule has 0 bridgehead atoms. The molecule has 2 aromatic rings. The summed E-state index contributed by atoms with van der Waals surface area (Å²) in [5.74, 6) is 0.698. The molecule has 0 saturated carbocycles. The highest BCUT2D eigenvalue weighted by Crippen LogP contribution is 2.29. The van der Waals surface area contributed by atoms with E-state index in [0.717, 1.165) is 5.56 Å². The second-order valence-electron chi connectivity index (χ2n) is 4.77. The molecule has 4 nitrogen and oxygen atoms in total. The van der Waals surface area contributed by atoms with Crippen molar-refractivity contribution in [3.63, 3.8) is 0 Å². The fourth-order valence-electron chi connectivity index (χ4n) is 1.76. The number of halogens is 2. The smallest absolute Gasteiger partial charge is 0.321 e. The molecule has 2 rings (SSSR count). The minimum absolute atomic E-state index is 0.0481. The van der Waals surface area contributed by atoms with E-state index in [2.05, 4.69) is 10.6 Å². The van der Waals surface area contributed by atoms with Crippen molar-refractivity contribution in [3.8, 4) is 5.75 Å². The number of hydrogen-bond donors (Lipinski definition) is 2. The molecule has 0 aliphatic carbocycles. The molecule has 22 heavy (non-hydrogen) atoms. The molecule has 6 heteroatoms. The van der Waals surface area contributed by atoms with Gasteiger partial charge in [0.15, 0.2) is 6.73 Å². The summed E-state index contributed by atoms with van der Waals surface area (Å²) in [6.45, 7) is 4.08. The maximum atomic E-state index is 11.8. The molecule has 0 radical (unpaired) electrons. The van der Waals surface area contributed by atoms with Crippen LogP contribution in [0.3, 0.4) is 0 Å². The van der Waals surface area contributed by atoms with Gasteiger partial charge in [0.1, 0.15) is 5.75 Å². The van der Waals surface area contributed by atoms with E-state index < -0.39 is 6.03 Å². The van der Waals surface area contributed by atoms with Crippen LogP contribution in [-0.2, 0) is 0 Å². The Labute approximate surface area is 139 Å². The second-order valence-corrected chi connectivity index (χ2v) is 5.55. The summed E-state index contributed by atoms with van der Waals surface area (Å²) in [6, 6.07) is 10.3. The zero-order chi connectivity index (χ0) is 16.1.